The molecule has 1 aliphatic heterocycles. The van der Waals surface area contributed by atoms with Crippen LogP contribution in [0.3, 0.4) is 0 Å². The van der Waals surface area contributed by atoms with E-state index < -0.39 is 17.6 Å². The Morgan fingerprint density at radius 1 is 1.00 bits per heavy atom. The normalized spacial score (nSPS) is 14.2. The summed E-state index contributed by atoms with van der Waals surface area (Å²) in [6, 6.07) is 19.0. The molecule has 8 heteroatoms. The highest BCUT2D eigenvalue weighted by atomic mass is 19.4. The van der Waals surface area contributed by atoms with Crippen molar-refractivity contribution in [3.05, 3.63) is 94.5 Å². The maximum atomic E-state index is 13.8. The largest absolute Gasteiger partial charge is 0.416 e. The van der Waals surface area contributed by atoms with Crippen molar-refractivity contribution in [2.75, 3.05) is 49.5 Å². The van der Waals surface area contributed by atoms with Gasteiger partial charge in [-0.3, -0.25) is 9.69 Å². The number of nitrogens with one attached hydrogen (secondary N) is 2. The molecule has 0 spiro atoms. The topological polar surface area (TPSA) is 47.6 Å². The van der Waals surface area contributed by atoms with Gasteiger partial charge in [0.05, 0.1) is 5.56 Å². The van der Waals surface area contributed by atoms with Gasteiger partial charge in [0, 0.05) is 68.3 Å². The fourth-order valence-electron chi connectivity index (χ4n) is 4.52. The molecule has 3 aromatic carbocycles. The quantitative estimate of drug-likeness (QED) is 0.318. The summed E-state index contributed by atoms with van der Waals surface area (Å²) in [7, 11) is 0. The second-order valence-corrected chi connectivity index (χ2v) is 9.34. The van der Waals surface area contributed by atoms with Crippen molar-refractivity contribution < 1.29 is 18.0 Å². The van der Waals surface area contributed by atoms with E-state index in [1.165, 1.54) is 17.8 Å². The molecule has 5 nitrogen and oxygen atoms in total. The number of alkyl halides is 3. The van der Waals surface area contributed by atoms with Crippen molar-refractivity contribution >= 4 is 17.3 Å². The first-order valence-corrected chi connectivity index (χ1v) is 12.6. The number of hydrogen-bond acceptors (Lipinski definition) is 4. The minimum atomic E-state index is -4.55. The molecule has 0 aliphatic carbocycles. The molecular formula is C30H31F3N4O. The number of nitrogens with zero attached hydrogens (tertiary/aromatic N) is 2. The average molecular weight is 521 g/mol. The number of rotatable bonds is 8. The molecule has 1 fully saturated rings. The third-order valence-corrected chi connectivity index (χ3v) is 6.74. The lowest BCUT2D eigenvalue weighted by atomic mass is 10.0. The van der Waals surface area contributed by atoms with Crippen molar-refractivity contribution in [1.29, 1.82) is 0 Å². The lowest BCUT2D eigenvalue weighted by Gasteiger charge is -2.36. The Kier molecular flexibility index (Phi) is 8.72. The summed E-state index contributed by atoms with van der Waals surface area (Å²) in [6.07, 6.45) is 0.910. The van der Waals surface area contributed by atoms with Gasteiger partial charge in [-0.05, 0) is 54.4 Å². The molecule has 1 aliphatic rings. The minimum Gasteiger partial charge on any atom is -0.369 e. The zero-order chi connectivity index (χ0) is 27.1. The molecule has 0 saturated carbocycles. The molecule has 0 atom stereocenters. The van der Waals surface area contributed by atoms with Crippen LogP contribution in [0.4, 0.5) is 24.5 Å². The van der Waals surface area contributed by atoms with E-state index in [9.17, 15) is 18.0 Å². The Morgan fingerprint density at radius 2 is 1.74 bits per heavy atom. The van der Waals surface area contributed by atoms with E-state index in [0.29, 0.717) is 12.1 Å². The zero-order valence-corrected chi connectivity index (χ0v) is 21.3. The Bertz CT molecular complexity index is 1290. The number of piperazine rings is 1. The van der Waals surface area contributed by atoms with Crippen molar-refractivity contribution in [2.45, 2.75) is 19.6 Å². The van der Waals surface area contributed by atoms with Crippen molar-refractivity contribution in [1.82, 2.24) is 10.2 Å². The molecule has 3 aromatic rings. The molecule has 1 saturated heterocycles. The fraction of sp³-hybridized carbons (Fsp3) is 0.300. The van der Waals surface area contributed by atoms with Crippen LogP contribution in [0, 0.1) is 19.3 Å². The lowest BCUT2D eigenvalue weighted by molar-refractivity contribution is -0.138. The molecule has 1 amide bonds. The van der Waals surface area contributed by atoms with Gasteiger partial charge in [0.15, 0.2) is 0 Å². The number of halogens is 3. The molecule has 2 N–H and O–H groups in total. The number of carbonyl (C=O) groups is 1. The van der Waals surface area contributed by atoms with Gasteiger partial charge in [0.25, 0.3) is 5.91 Å². The van der Waals surface area contributed by atoms with E-state index in [1.807, 2.05) is 25.1 Å². The molecule has 0 radical (unpaired) electrons. The van der Waals surface area contributed by atoms with Gasteiger partial charge >= 0.3 is 6.18 Å². The van der Waals surface area contributed by atoms with E-state index in [1.54, 1.807) is 18.2 Å². The van der Waals surface area contributed by atoms with E-state index in [-0.39, 0.29) is 23.4 Å². The lowest BCUT2D eigenvalue weighted by Crippen LogP contribution is -2.48. The summed E-state index contributed by atoms with van der Waals surface area (Å²) in [5.41, 5.74) is 2.34. The van der Waals surface area contributed by atoms with E-state index >= 15 is 0 Å². The number of hydrogen-bond donors (Lipinski definition) is 2. The molecule has 1 heterocycles. The van der Waals surface area contributed by atoms with Crippen LogP contribution in [0.5, 0.6) is 0 Å². The Morgan fingerprint density at radius 3 is 2.42 bits per heavy atom. The van der Waals surface area contributed by atoms with E-state index in [2.05, 4.69) is 38.5 Å². The second kappa shape index (κ2) is 12.2. The van der Waals surface area contributed by atoms with Crippen LogP contribution in [0.1, 0.15) is 32.6 Å². The molecule has 0 unspecified atom stereocenters. The number of amides is 1. The summed E-state index contributed by atoms with van der Waals surface area (Å²) < 4.78 is 41.5. The maximum Gasteiger partial charge on any atom is 0.416 e. The number of anilines is 2. The Hall–Kier alpha value is -3.80. The monoisotopic (exact) mass is 520 g/mol. The molecule has 4 rings (SSSR count). The van der Waals surface area contributed by atoms with Gasteiger partial charge in [-0.2, -0.15) is 13.2 Å². The van der Waals surface area contributed by atoms with Crippen LogP contribution in [-0.4, -0.2) is 50.1 Å². The van der Waals surface area contributed by atoms with Crippen LogP contribution < -0.4 is 15.5 Å². The highest BCUT2D eigenvalue weighted by molar-refractivity contribution is 6.04. The first-order valence-electron chi connectivity index (χ1n) is 12.6. The fourth-order valence-corrected chi connectivity index (χ4v) is 4.52. The van der Waals surface area contributed by atoms with Crippen LogP contribution >= 0.6 is 0 Å². The zero-order valence-electron chi connectivity index (χ0n) is 21.3. The SMILES string of the molecule is C#Cc1cc(C(=O)Nc2ccc(CNCCN3CCN(c4ccccc4)CC3)c(C(F)(F)F)c2)ccc1C. The van der Waals surface area contributed by atoms with Gasteiger partial charge < -0.3 is 15.5 Å². The molecular weight excluding hydrogens is 489 g/mol. The van der Waals surface area contributed by atoms with Gasteiger partial charge in [-0.25, -0.2) is 0 Å². The Labute approximate surface area is 221 Å². The van der Waals surface area contributed by atoms with Crippen LogP contribution in [0.15, 0.2) is 66.7 Å². The summed E-state index contributed by atoms with van der Waals surface area (Å²) in [4.78, 5) is 17.3. The van der Waals surface area contributed by atoms with Crippen LogP contribution in [-0.2, 0) is 12.7 Å². The Balaban J connectivity index is 1.31. The van der Waals surface area contributed by atoms with E-state index in [4.69, 9.17) is 6.42 Å². The first kappa shape index (κ1) is 27.2. The second-order valence-electron chi connectivity index (χ2n) is 9.34. The maximum absolute atomic E-state index is 13.8. The summed E-state index contributed by atoms with van der Waals surface area (Å²) in [5.74, 6) is 1.98. The smallest absolute Gasteiger partial charge is 0.369 e. The van der Waals surface area contributed by atoms with Crippen molar-refractivity contribution in [3.8, 4) is 12.3 Å². The van der Waals surface area contributed by atoms with Crippen LogP contribution in [0.25, 0.3) is 0 Å². The average Bonchev–Trinajstić information content (AvgIpc) is 2.92. The highest BCUT2D eigenvalue weighted by Crippen LogP contribution is 2.34. The number of aryl methyl sites for hydroxylation is 1. The summed E-state index contributed by atoms with van der Waals surface area (Å²) >= 11 is 0. The predicted molar refractivity (Wildman–Crippen MR) is 145 cm³/mol. The minimum absolute atomic E-state index is 0.0743. The number of terminal acetylenes is 1. The number of benzene rings is 3. The molecule has 198 valence electrons. The molecule has 0 bridgehead atoms. The van der Waals surface area contributed by atoms with Gasteiger partial charge in [-0.1, -0.05) is 36.3 Å². The van der Waals surface area contributed by atoms with E-state index in [0.717, 1.165) is 44.4 Å². The van der Waals surface area contributed by atoms with Crippen LogP contribution in [0.2, 0.25) is 0 Å². The number of para-hydroxylation sites is 1. The van der Waals surface area contributed by atoms with Crippen molar-refractivity contribution in [2.24, 2.45) is 0 Å². The summed E-state index contributed by atoms with van der Waals surface area (Å²) in [6.45, 7) is 6.89. The van der Waals surface area contributed by atoms with Gasteiger partial charge in [-0.15, -0.1) is 6.42 Å². The summed E-state index contributed by atoms with van der Waals surface area (Å²) in [5, 5.41) is 5.70. The molecule has 38 heavy (non-hydrogen) atoms. The standard InChI is InChI=1S/C30H31F3N4O/c1-3-23-19-24(10-9-22(23)2)29(38)35-26-12-11-25(28(20-26)30(31,32)33)21-34-13-14-36-15-17-37(18-16-36)27-7-5-4-6-8-27/h1,4-12,19-20,34H,13-18,21H2,2H3,(H,35,38). The first-order chi connectivity index (χ1) is 18.2. The third-order valence-electron chi connectivity index (χ3n) is 6.74. The highest BCUT2D eigenvalue weighted by Gasteiger charge is 2.33. The van der Waals surface area contributed by atoms with Gasteiger partial charge in [0.1, 0.15) is 0 Å². The third kappa shape index (κ3) is 6.94. The predicted octanol–water partition coefficient (Wildman–Crippen LogP) is 5.16. The van der Waals surface area contributed by atoms with Crippen molar-refractivity contribution in [3.63, 3.8) is 0 Å². The molecule has 0 aromatic heterocycles. The number of carbonyl (C=O) groups excluding carboxylic acids is 1. The van der Waals surface area contributed by atoms with Gasteiger partial charge in [0.2, 0.25) is 0 Å².